The van der Waals surface area contributed by atoms with Crippen LogP contribution in [0.25, 0.3) is 0 Å². The number of benzene rings is 2. The molecule has 2 aliphatic rings. The number of nitrogens with zero attached hydrogens (tertiary/aromatic N) is 2. The Balaban J connectivity index is 1.50. The Morgan fingerprint density at radius 3 is 2.48 bits per heavy atom. The van der Waals surface area contributed by atoms with Crippen molar-refractivity contribution < 1.29 is 14.3 Å². The molecule has 0 N–H and O–H groups in total. The van der Waals surface area contributed by atoms with Gasteiger partial charge in [-0.3, -0.25) is 9.69 Å². The zero-order valence-electron chi connectivity index (χ0n) is 15.5. The van der Waals surface area contributed by atoms with Crippen molar-refractivity contribution in [3.05, 3.63) is 71.8 Å². The third kappa shape index (κ3) is 3.47. The van der Waals surface area contributed by atoms with Gasteiger partial charge in [0.2, 0.25) is 5.91 Å². The summed E-state index contributed by atoms with van der Waals surface area (Å²) in [6.07, 6.45) is 0.209. The molecule has 0 saturated carbocycles. The van der Waals surface area contributed by atoms with E-state index in [1.807, 2.05) is 55.5 Å². The van der Waals surface area contributed by atoms with Crippen LogP contribution in [0.2, 0.25) is 0 Å². The second kappa shape index (κ2) is 7.16. The first-order valence-corrected chi connectivity index (χ1v) is 9.38. The monoisotopic (exact) mass is 364 g/mol. The number of hydrogen-bond acceptors (Lipinski definition) is 4. The number of rotatable bonds is 4. The molecule has 4 rings (SSSR count). The lowest BCUT2D eigenvalue weighted by Crippen LogP contribution is -2.45. The van der Waals surface area contributed by atoms with Gasteiger partial charge in [0, 0.05) is 13.1 Å². The largest absolute Gasteiger partial charge is 0.446 e. The Labute approximate surface area is 159 Å². The number of likely N-dealkylation sites (tertiary alicyclic amines) is 1. The van der Waals surface area contributed by atoms with Crippen LogP contribution in [0.3, 0.4) is 0 Å². The smallest absolute Gasteiger partial charge is 0.417 e. The number of imide groups is 1. The molecule has 2 aliphatic heterocycles. The van der Waals surface area contributed by atoms with Crippen LogP contribution in [-0.4, -0.2) is 41.5 Å². The normalized spacial score (nSPS) is 25.6. The fourth-order valence-corrected chi connectivity index (χ4v) is 4.06. The van der Waals surface area contributed by atoms with E-state index in [4.69, 9.17) is 4.74 Å². The lowest BCUT2D eigenvalue weighted by Gasteiger charge is -2.30. The molecule has 2 amide bonds. The van der Waals surface area contributed by atoms with Gasteiger partial charge in [-0.05, 0) is 31.0 Å². The predicted octanol–water partition coefficient (Wildman–Crippen LogP) is 3.62. The Morgan fingerprint density at radius 1 is 1.11 bits per heavy atom. The molecule has 5 nitrogen and oxygen atoms in total. The predicted molar refractivity (Wildman–Crippen MR) is 102 cm³/mol. The maximum atomic E-state index is 13.4. The zero-order valence-corrected chi connectivity index (χ0v) is 15.5. The Bertz CT molecular complexity index is 824. The molecule has 0 spiro atoms. The number of carbonyl (C=O) groups is 2. The average molecular weight is 364 g/mol. The van der Waals surface area contributed by atoms with Crippen molar-refractivity contribution in [1.82, 2.24) is 9.80 Å². The number of amides is 2. The van der Waals surface area contributed by atoms with Gasteiger partial charge in [0.1, 0.15) is 12.6 Å². The maximum absolute atomic E-state index is 13.4. The molecule has 2 atom stereocenters. The van der Waals surface area contributed by atoms with E-state index in [0.717, 1.165) is 25.1 Å². The first-order chi connectivity index (χ1) is 13.1. The van der Waals surface area contributed by atoms with Gasteiger partial charge in [-0.15, -0.1) is 0 Å². The highest BCUT2D eigenvalue weighted by Crippen LogP contribution is 2.38. The van der Waals surface area contributed by atoms with E-state index in [0.29, 0.717) is 6.54 Å². The van der Waals surface area contributed by atoms with Gasteiger partial charge in [0.15, 0.2) is 0 Å². The van der Waals surface area contributed by atoms with E-state index in [-0.39, 0.29) is 18.6 Å². The lowest BCUT2D eigenvalue weighted by molar-refractivity contribution is -0.138. The third-order valence-corrected chi connectivity index (χ3v) is 5.59. The lowest BCUT2D eigenvalue weighted by atomic mass is 9.87. The van der Waals surface area contributed by atoms with Crippen molar-refractivity contribution >= 4 is 12.0 Å². The second-order valence-electron chi connectivity index (χ2n) is 7.69. The highest BCUT2D eigenvalue weighted by atomic mass is 16.6. The Morgan fingerprint density at radius 2 is 1.78 bits per heavy atom. The van der Waals surface area contributed by atoms with Crippen LogP contribution in [0, 0.1) is 5.41 Å². The van der Waals surface area contributed by atoms with Crippen LogP contribution < -0.4 is 0 Å². The van der Waals surface area contributed by atoms with Crippen LogP contribution in [0.4, 0.5) is 4.79 Å². The van der Waals surface area contributed by atoms with Gasteiger partial charge < -0.3 is 4.74 Å². The molecule has 2 unspecified atom stereocenters. The zero-order chi connectivity index (χ0) is 18.9. The summed E-state index contributed by atoms with van der Waals surface area (Å²) < 4.78 is 5.23. The van der Waals surface area contributed by atoms with E-state index < -0.39 is 11.5 Å². The third-order valence-electron chi connectivity index (χ3n) is 5.59. The second-order valence-corrected chi connectivity index (χ2v) is 7.69. The summed E-state index contributed by atoms with van der Waals surface area (Å²) in [7, 11) is 0. The van der Waals surface area contributed by atoms with Crippen molar-refractivity contribution in [2.45, 2.75) is 25.9 Å². The molecule has 0 bridgehead atoms. The van der Waals surface area contributed by atoms with Gasteiger partial charge in [-0.25, -0.2) is 9.69 Å². The number of cyclic esters (lactones) is 1. The van der Waals surface area contributed by atoms with Gasteiger partial charge in [0.05, 0.1) is 5.41 Å². The molecule has 0 aromatic heterocycles. The molecular weight excluding hydrogens is 340 g/mol. The summed E-state index contributed by atoms with van der Waals surface area (Å²) in [6.45, 7) is 4.49. The van der Waals surface area contributed by atoms with Crippen molar-refractivity contribution in [2.75, 3.05) is 19.7 Å². The van der Waals surface area contributed by atoms with Crippen molar-refractivity contribution in [1.29, 1.82) is 0 Å². The maximum Gasteiger partial charge on any atom is 0.417 e. The quantitative estimate of drug-likeness (QED) is 0.831. The van der Waals surface area contributed by atoms with E-state index in [1.165, 1.54) is 10.5 Å². The van der Waals surface area contributed by atoms with Crippen molar-refractivity contribution in [3.63, 3.8) is 0 Å². The van der Waals surface area contributed by atoms with Gasteiger partial charge in [-0.1, -0.05) is 60.7 Å². The summed E-state index contributed by atoms with van der Waals surface area (Å²) in [4.78, 5) is 29.3. The van der Waals surface area contributed by atoms with Crippen LogP contribution in [-0.2, 0) is 16.1 Å². The topological polar surface area (TPSA) is 49.9 Å². The Hall–Kier alpha value is -2.66. The van der Waals surface area contributed by atoms with Crippen LogP contribution >= 0.6 is 0 Å². The summed E-state index contributed by atoms with van der Waals surface area (Å²) >= 11 is 0. The first kappa shape index (κ1) is 17.7. The molecule has 27 heavy (non-hydrogen) atoms. The first-order valence-electron chi connectivity index (χ1n) is 9.38. The minimum Gasteiger partial charge on any atom is -0.446 e. The Kier molecular flexibility index (Phi) is 4.70. The SMILES string of the molecule is CC1(C(=O)N2C(=O)OCC2c2ccccc2)CCN(Cc2ccccc2)C1. The van der Waals surface area contributed by atoms with Crippen molar-refractivity contribution in [2.24, 2.45) is 5.41 Å². The highest BCUT2D eigenvalue weighted by Gasteiger charge is 2.49. The number of hydrogen-bond donors (Lipinski definition) is 0. The summed E-state index contributed by atoms with van der Waals surface area (Å²) in [5, 5.41) is 0. The van der Waals surface area contributed by atoms with Crippen LogP contribution in [0.15, 0.2) is 60.7 Å². The molecule has 0 aliphatic carbocycles. The molecule has 5 heteroatoms. The van der Waals surface area contributed by atoms with Crippen molar-refractivity contribution in [3.8, 4) is 0 Å². The molecule has 140 valence electrons. The van der Waals surface area contributed by atoms with Crippen LogP contribution in [0.5, 0.6) is 0 Å². The molecule has 2 fully saturated rings. The van der Waals surface area contributed by atoms with E-state index >= 15 is 0 Å². The van der Waals surface area contributed by atoms with E-state index in [1.54, 1.807) is 0 Å². The molecule has 2 heterocycles. The molecular formula is C22H24N2O3. The van der Waals surface area contributed by atoms with Gasteiger partial charge >= 0.3 is 6.09 Å². The number of ether oxygens (including phenoxy) is 1. The molecule has 0 radical (unpaired) electrons. The van der Waals surface area contributed by atoms with E-state index in [9.17, 15) is 9.59 Å². The standard InChI is InChI=1S/C22H24N2O3/c1-22(12-13-23(16-22)14-17-8-4-2-5-9-17)20(25)24-19(15-27-21(24)26)18-10-6-3-7-11-18/h2-11,19H,12-16H2,1H3. The summed E-state index contributed by atoms with van der Waals surface area (Å²) in [6, 6.07) is 19.5. The molecule has 2 aromatic rings. The fraction of sp³-hybridized carbons (Fsp3) is 0.364. The summed E-state index contributed by atoms with van der Waals surface area (Å²) in [5.41, 5.74) is 1.59. The minimum absolute atomic E-state index is 0.130. The van der Waals surface area contributed by atoms with E-state index in [2.05, 4.69) is 17.0 Å². The fourth-order valence-electron chi connectivity index (χ4n) is 4.06. The van der Waals surface area contributed by atoms with Gasteiger partial charge in [0.25, 0.3) is 0 Å². The summed E-state index contributed by atoms with van der Waals surface area (Å²) in [5.74, 6) is -0.130. The highest BCUT2D eigenvalue weighted by molar-refractivity contribution is 5.97. The number of carbonyl (C=O) groups excluding carboxylic acids is 2. The minimum atomic E-state index is -0.578. The van der Waals surface area contributed by atoms with Crippen LogP contribution in [0.1, 0.15) is 30.5 Å². The molecule has 2 saturated heterocycles. The van der Waals surface area contributed by atoms with Gasteiger partial charge in [-0.2, -0.15) is 0 Å². The molecule has 2 aromatic carbocycles. The average Bonchev–Trinajstić information content (AvgIpc) is 3.26.